The summed E-state index contributed by atoms with van der Waals surface area (Å²) in [4.78, 5) is 12.0. The van der Waals surface area contributed by atoms with Gasteiger partial charge in [0.1, 0.15) is 0 Å². The van der Waals surface area contributed by atoms with E-state index in [1.165, 1.54) is 19.3 Å². The van der Waals surface area contributed by atoms with Crippen molar-refractivity contribution < 1.29 is 14.6 Å². The molecular weight excluding hydrogens is 280 g/mol. The smallest absolute Gasteiger partial charge is 0.315 e. The summed E-state index contributed by atoms with van der Waals surface area (Å²) >= 11 is 0. The van der Waals surface area contributed by atoms with Gasteiger partial charge in [0.15, 0.2) is 0 Å². The Bertz CT molecular complexity index is 380. The zero-order chi connectivity index (χ0) is 16.2. The number of nitrogens with one attached hydrogen (secondary N) is 2. The van der Waals surface area contributed by atoms with Crippen LogP contribution in [0.25, 0.3) is 0 Å². The van der Waals surface area contributed by atoms with Crippen LogP contribution in [0.5, 0.6) is 0 Å². The summed E-state index contributed by atoms with van der Waals surface area (Å²) in [6.07, 6.45) is 6.67. The van der Waals surface area contributed by atoms with Crippen LogP contribution in [0.4, 0.5) is 4.79 Å². The maximum Gasteiger partial charge on any atom is 0.315 e. The fraction of sp³-hybridized carbons (Fsp3) is 0.941. The number of ether oxygens (including phenoxy) is 1. The Labute approximate surface area is 134 Å². The van der Waals surface area contributed by atoms with Crippen LogP contribution in [-0.2, 0) is 4.74 Å². The summed E-state index contributed by atoms with van der Waals surface area (Å²) in [6.45, 7) is 7.71. The Hall–Kier alpha value is -0.810. The molecule has 2 unspecified atom stereocenters. The summed E-state index contributed by atoms with van der Waals surface area (Å²) in [5.41, 5.74) is 0.152. The summed E-state index contributed by atoms with van der Waals surface area (Å²) in [5.74, 6) is 0. The fourth-order valence-corrected chi connectivity index (χ4v) is 3.70. The first-order valence-corrected chi connectivity index (χ1v) is 8.70. The van der Waals surface area contributed by atoms with Crippen LogP contribution >= 0.6 is 0 Å². The highest BCUT2D eigenvalue weighted by molar-refractivity contribution is 5.74. The van der Waals surface area contributed by atoms with Crippen molar-refractivity contribution in [1.82, 2.24) is 10.6 Å². The van der Waals surface area contributed by atoms with Crippen LogP contribution in [-0.4, -0.2) is 43.0 Å². The molecule has 3 N–H and O–H groups in total. The number of hydrogen-bond donors (Lipinski definition) is 3. The zero-order valence-electron chi connectivity index (χ0n) is 14.3. The molecule has 5 heteroatoms. The van der Waals surface area contributed by atoms with Crippen molar-refractivity contribution in [1.29, 1.82) is 0 Å². The molecule has 2 aliphatic rings. The molecule has 128 valence electrons. The molecule has 0 saturated heterocycles. The minimum Gasteiger partial charge on any atom is -0.396 e. The first kappa shape index (κ1) is 17.5. The van der Waals surface area contributed by atoms with Gasteiger partial charge in [-0.3, -0.25) is 0 Å². The molecule has 0 aliphatic heterocycles. The highest BCUT2D eigenvalue weighted by Gasteiger charge is 2.59. The Morgan fingerprint density at radius 2 is 2.14 bits per heavy atom. The van der Waals surface area contributed by atoms with E-state index in [1.807, 2.05) is 20.8 Å². The normalized spacial score (nSPS) is 26.2. The van der Waals surface area contributed by atoms with E-state index in [0.717, 1.165) is 25.9 Å². The Morgan fingerprint density at radius 1 is 1.41 bits per heavy atom. The van der Waals surface area contributed by atoms with Gasteiger partial charge in [0.25, 0.3) is 0 Å². The molecule has 0 heterocycles. The Balaban J connectivity index is 1.66. The number of rotatable bonds is 8. The third-order valence-corrected chi connectivity index (χ3v) is 5.49. The number of aliphatic hydroxyl groups excluding tert-OH is 1. The number of aliphatic hydroxyl groups is 1. The van der Waals surface area contributed by atoms with E-state index in [2.05, 4.69) is 10.6 Å². The molecule has 22 heavy (non-hydrogen) atoms. The molecule has 2 atom stereocenters. The third-order valence-electron chi connectivity index (χ3n) is 5.49. The second-order valence-electron chi connectivity index (χ2n) is 7.65. The van der Waals surface area contributed by atoms with Crippen LogP contribution in [0, 0.1) is 10.8 Å². The molecule has 2 aliphatic carbocycles. The minimum absolute atomic E-state index is 0.0620. The van der Waals surface area contributed by atoms with Gasteiger partial charge < -0.3 is 20.5 Å². The van der Waals surface area contributed by atoms with E-state index in [0.29, 0.717) is 12.6 Å². The van der Waals surface area contributed by atoms with Gasteiger partial charge >= 0.3 is 6.03 Å². The van der Waals surface area contributed by atoms with Crippen molar-refractivity contribution in [2.45, 2.75) is 71.4 Å². The average Bonchev–Trinajstić information content (AvgIpc) is 2.40. The molecular formula is C17H32N2O3. The maximum absolute atomic E-state index is 12.0. The number of amides is 2. The van der Waals surface area contributed by atoms with Crippen molar-refractivity contribution in [3.8, 4) is 0 Å². The molecule has 5 nitrogen and oxygen atoms in total. The average molecular weight is 312 g/mol. The fourth-order valence-electron chi connectivity index (χ4n) is 3.70. The van der Waals surface area contributed by atoms with Gasteiger partial charge in [-0.2, -0.15) is 0 Å². The number of hydrogen-bond acceptors (Lipinski definition) is 3. The zero-order valence-corrected chi connectivity index (χ0v) is 14.3. The summed E-state index contributed by atoms with van der Waals surface area (Å²) < 4.78 is 5.80. The van der Waals surface area contributed by atoms with Crippen molar-refractivity contribution in [3.05, 3.63) is 0 Å². The SMILES string of the molecule is CCOC1CC(NC(=O)NCCCC(C)(C)CO)C12CCC2. The number of carbonyl (C=O) groups excluding carboxylic acids is 1. The Kier molecular flexibility index (Phi) is 5.72. The second kappa shape index (κ2) is 7.18. The molecule has 0 bridgehead atoms. The lowest BCUT2D eigenvalue weighted by molar-refractivity contribution is -0.169. The first-order chi connectivity index (χ1) is 10.4. The highest BCUT2D eigenvalue weighted by atomic mass is 16.5. The van der Waals surface area contributed by atoms with Gasteiger partial charge in [0, 0.05) is 31.2 Å². The van der Waals surface area contributed by atoms with Crippen molar-refractivity contribution in [2.24, 2.45) is 10.8 Å². The van der Waals surface area contributed by atoms with Gasteiger partial charge in [-0.25, -0.2) is 4.79 Å². The second-order valence-corrected chi connectivity index (χ2v) is 7.65. The molecule has 2 amide bonds. The van der Waals surface area contributed by atoms with E-state index in [4.69, 9.17) is 4.74 Å². The van der Waals surface area contributed by atoms with Crippen LogP contribution in [0.15, 0.2) is 0 Å². The lowest BCUT2D eigenvalue weighted by atomic mass is 9.51. The molecule has 0 aromatic heterocycles. The number of urea groups is 1. The largest absolute Gasteiger partial charge is 0.396 e. The van der Waals surface area contributed by atoms with Gasteiger partial charge in [-0.05, 0) is 44.4 Å². The Morgan fingerprint density at radius 3 is 2.68 bits per heavy atom. The molecule has 0 aromatic rings. The predicted octanol–water partition coefficient (Wildman–Crippen LogP) is 2.43. The van der Waals surface area contributed by atoms with E-state index < -0.39 is 0 Å². The lowest BCUT2D eigenvalue weighted by Gasteiger charge is -2.60. The monoisotopic (exact) mass is 312 g/mol. The van der Waals surface area contributed by atoms with Gasteiger partial charge in [0.05, 0.1) is 6.10 Å². The molecule has 2 rings (SSSR count). The highest BCUT2D eigenvalue weighted by Crippen LogP contribution is 2.57. The van der Waals surface area contributed by atoms with Gasteiger partial charge in [-0.15, -0.1) is 0 Å². The molecule has 0 aromatic carbocycles. The topological polar surface area (TPSA) is 70.6 Å². The number of carbonyl (C=O) groups is 1. The first-order valence-electron chi connectivity index (χ1n) is 8.70. The van der Waals surface area contributed by atoms with E-state index in [9.17, 15) is 9.90 Å². The van der Waals surface area contributed by atoms with E-state index in [-0.39, 0.29) is 29.5 Å². The standard InChI is InChI=1S/C17H32N2O3/c1-4-22-14-11-13(17(14)8-5-9-17)19-15(21)18-10-6-7-16(2,3)12-20/h13-14,20H,4-12H2,1-3H3,(H2,18,19,21). The maximum atomic E-state index is 12.0. The third kappa shape index (κ3) is 3.74. The quantitative estimate of drug-likeness (QED) is 0.603. The van der Waals surface area contributed by atoms with Crippen LogP contribution in [0.2, 0.25) is 0 Å². The molecule has 1 spiro atoms. The van der Waals surface area contributed by atoms with Crippen molar-refractivity contribution in [2.75, 3.05) is 19.8 Å². The lowest BCUT2D eigenvalue weighted by Crippen LogP contribution is -2.68. The summed E-state index contributed by atoms with van der Waals surface area (Å²) in [6, 6.07) is 0.208. The van der Waals surface area contributed by atoms with Crippen LogP contribution in [0.1, 0.15) is 59.3 Å². The van der Waals surface area contributed by atoms with Crippen LogP contribution < -0.4 is 10.6 Å². The predicted molar refractivity (Wildman–Crippen MR) is 86.7 cm³/mol. The van der Waals surface area contributed by atoms with Crippen molar-refractivity contribution in [3.63, 3.8) is 0 Å². The van der Waals surface area contributed by atoms with E-state index in [1.54, 1.807) is 0 Å². The minimum atomic E-state index is -0.0627. The molecule has 2 saturated carbocycles. The summed E-state index contributed by atoms with van der Waals surface area (Å²) in [7, 11) is 0. The molecule has 2 fully saturated rings. The van der Waals surface area contributed by atoms with Gasteiger partial charge in [-0.1, -0.05) is 20.3 Å². The molecule has 0 radical (unpaired) electrons. The summed E-state index contributed by atoms with van der Waals surface area (Å²) in [5, 5.41) is 15.3. The van der Waals surface area contributed by atoms with Crippen molar-refractivity contribution >= 4 is 6.03 Å². The van der Waals surface area contributed by atoms with E-state index >= 15 is 0 Å². The van der Waals surface area contributed by atoms with Crippen LogP contribution in [0.3, 0.4) is 0 Å². The van der Waals surface area contributed by atoms with Gasteiger partial charge in [0.2, 0.25) is 0 Å².